The maximum absolute atomic E-state index is 13.1. The number of allylic oxidation sites excluding steroid dienone is 1. The highest BCUT2D eigenvalue weighted by Gasteiger charge is 2.22. The SMILES string of the molecule is C/C(C#Cc1ccccc1)=C\c1cc(C(=O)Nc2cc(NC(=O)CN3CCCC3C)cnc2C)cnc1C. The lowest BCUT2D eigenvalue weighted by molar-refractivity contribution is -0.117. The zero-order valence-corrected chi connectivity index (χ0v) is 22.3. The van der Waals surface area contributed by atoms with Gasteiger partial charge in [-0.15, -0.1) is 0 Å². The number of nitrogens with zero attached hydrogens (tertiary/aromatic N) is 3. The van der Waals surface area contributed by atoms with Gasteiger partial charge in [0, 0.05) is 23.5 Å². The summed E-state index contributed by atoms with van der Waals surface area (Å²) in [7, 11) is 0. The minimum absolute atomic E-state index is 0.0911. The molecule has 7 heteroatoms. The van der Waals surface area contributed by atoms with E-state index in [2.05, 4.69) is 44.3 Å². The predicted molar refractivity (Wildman–Crippen MR) is 152 cm³/mol. The third-order valence-corrected chi connectivity index (χ3v) is 6.59. The highest BCUT2D eigenvalue weighted by molar-refractivity contribution is 6.05. The second kappa shape index (κ2) is 12.3. The zero-order chi connectivity index (χ0) is 27.1. The van der Waals surface area contributed by atoms with Gasteiger partial charge in [0.05, 0.1) is 35.4 Å². The molecule has 1 aromatic carbocycles. The molecule has 1 atom stereocenters. The fraction of sp³-hybridized carbons (Fsp3) is 0.290. The van der Waals surface area contributed by atoms with Crippen molar-refractivity contribution in [2.24, 2.45) is 0 Å². The quantitative estimate of drug-likeness (QED) is 0.447. The van der Waals surface area contributed by atoms with Crippen LogP contribution in [0.3, 0.4) is 0 Å². The number of aryl methyl sites for hydroxylation is 2. The van der Waals surface area contributed by atoms with Crippen LogP contribution in [0.15, 0.2) is 60.4 Å². The lowest BCUT2D eigenvalue weighted by Gasteiger charge is -2.20. The number of aromatic nitrogens is 2. The molecule has 0 bridgehead atoms. The average Bonchev–Trinajstić information content (AvgIpc) is 3.30. The van der Waals surface area contributed by atoms with Crippen LogP contribution < -0.4 is 10.6 Å². The van der Waals surface area contributed by atoms with E-state index in [9.17, 15) is 9.59 Å². The van der Waals surface area contributed by atoms with Crippen molar-refractivity contribution in [3.05, 3.63) is 88.5 Å². The minimum atomic E-state index is -0.306. The molecular formula is C31H33N5O2. The van der Waals surface area contributed by atoms with Crippen LogP contribution in [0.4, 0.5) is 11.4 Å². The van der Waals surface area contributed by atoms with E-state index in [1.807, 2.05) is 57.2 Å². The first kappa shape index (κ1) is 26.8. The molecule has 0 aliphatic carbocycles. The molecule has 0 spiro atoms. The Morgan fingerprint density at radius 3 is 2.58 bits per heavy atom. The van der Waals surface area contributed by atoms with Crippen molar-refractivity contribution >= 4 is 29.3 Å². The molecular weight excluding hydrogens is 474 g/mol. The second-order valence-corrected chi connectivity index (χ2v) is 9.66. The van der Waals surface area contributed by atoms with E-state index in [1.54, 1.807) is 24.5 Å². The number of benzene rings is 1. The molecule has 3 aromatic rings. The second-order valence-electron chi connectivity index (χ2n) is 9.66. The Bertz CT molecular complexity index is 1420. The molecule has 3 heterocycles. The van der Waals surface area contributed by atoms with Crippen molar-refractivity contribution in [1.82, 2.24) is 14.9 Å². The summed E-state index contributed by atoms with van der Waals surface area (Å²) in [5.41, 5.74) is 5.58. The Morgan fingerprint density at radius 2 is 1.84 bits per heavy atom. The fourth-order valence-corrected chi connectivity index (χ4v) is 4.32. The molecule has 0 radical (unpaired) electrons. The zero-order valence-electron chi connectivity index (χ0n) is 22.3. The van der Waals surface area contributed by atoms with Crippen molar-refractivity contribution in [2.75, 3.05) is 23.7 Å². The van der Waals surface area contributed by atoms with Gasteiger partial charge < -0.3 is 10.6 Å². The summed E-state index contributed by atoms with van der Waals surface area (Å²) in [6, 6.07) is 13.7. The van der Waals surface area contributed by atoms with Gasteiger partial charge >= 0.3 is 0 Å². The summed E-state index contributed by atoms with van der Waals surface area (Å²) < 4.78 is 0. The summed E-state index contributed by atoms with van der Waals surface area (Å²) in [6.45, 7) is 9.06. The van der Waals surface area contributed by atoms with E-state index in [0.717, 1.165) is 41.8 Å². The average molecular weight is 508 g/mol. The van der Waals surface area contributed by atoms with Gasteiger partial charge in [0.15, 0.2) is 0 Å². The first-order chi connectivity index (χ1) is 18.3. The molecule has 1 fully saturated rings. The van der Waals surface area contributed by atoms with Crippen LogP contribution in [0.5, 0.6) is 0 Å². The Hall–Kier alpha value is -4.28. The molecule has 2 amide bonds. The van der Waals surface area contributed by atoms with Crippen LogP contribution in [0.2, 0.25) is 0 Å². The molecule has 194 valence electrons. The maximum atomic E-state index is 13.1. The van der Waals surface area contributed by atoms with E-state index >= 15 is 0 Å². The van der Waals surface area contributed by atoms with Gasteiger partial charge in [-0.2, -0.15) is 0 Å². The Labute approximate surface area is 224 Å². The molecule has 1 unspecified atom stereocenters. The number of hydrogen-bond acceptors (Lipinski definition) is 5. The van der Waals surface area contributed by atoms with Gasteiger partial charge in [-0.25, -0.2) is 0 Å². The van der Waals surface area contributed by atoms with Crippen molar-refractivity contribution in [3.63, 3.8) is 0 Å². The Kier molecular flexibility index (Phi) is 8.67. The Balaban J connectivity index is 1.45. The highest BCUT2D eigenvalue weighted by atomic mass is 16.2. The number of likely N-dealkylation sites (tertiary alicyclic amines) is 1. The lowest BCUT2D eigenvalue weighted by atomic mass is 10.1. The number of pyridine rings is 2. The normalized spacial score (nSPS) is 15.5. The summed E-state index contributed by atoms with van der Waals surface area (Å²) in [5, 5.41) is 5.82. The van der Waals surface area contributed by atoms with Crippen LogP contribution in [0, 0.1) is 25.7 Å². The van der Waals surface area contributed by atoms with Gasteiger partial charge in [-0.05, 0) is 88.6 Å². The predicted octanol–water partition coefficient (Wildman–Crippen LogP) is 5.22. The third kappa shape index (κ3) is 7.15. The molecule has 38 heavy (non-hydrogen) atoms. The number of hydrogen-bond donors (Lipinski definition) is 2. The van der Waals surface area contributed by atoms with Gasteiger partial charge in [-0.3, -0.25) is 24.5 Å². The Morgan fingerprint density at radius 1 is 1.08 bits per heavy atom. The summed E-state index contributed by atoms with van der Waals surface area (Å²) in [4.78, 5) is 36.6. The van der Waals surface area contributed by atoms with Crippen LogP contribution in [0.25, 0.3) is 6.08 Å². The van der Waals surface area contributed by atoms with E-state index in [0.29, 0.717) is 35.2 Å². The van der Waals surface area contributed by atoms with E-state index in [-0.39, 0.29) is 11.8 Å². The van der Waals surface area contributed by atoms with Crippen molar-refractivity contribution in [1.29, 1.82) is 0 Å². The largest absolute Gasteiger partial charge is 0.324 e. The van der Waals surface area contributed by atoms with Crippen molar-refractivity contribution in [3.8, 4) is 11.8 Å². The monoisotopic (exact) mass is 507 g/mol. The van der Waals surface area contributed by atoms with Crippen LogP contribution in [0.1, 0.15) is 59.6 Å². The number of amides is 2. The van der Waals surface area contributed by atoms with Crippen molar-refractivity contribution < 1.29 is 9.59 Å². The van der Waals surface area contributed by atoms with Crippen LogP contribution >= 0.6 is 0 Å². The summed E-state index contributed by atoms with van der Waals surface area (Å²) in [6.07, 6.45) is 7.31. The van der Waals surface area contributed by atoms with E-state index in [4.69, 9.17) is 0 Å². The number of anilines is 2. The molecule has 1 aliphatic rings. The van der Waals surface area contributed by atoms with E-state index < -0.39 is 0 Å². The third-order valence-electron chi connectivity index (χ3n) is 6.59. The van der Waals surface area contributed by atoms with Crippen molar-refractivity contribution in [2.45, 2.75) is 46.6 Å². The molecule has 4 rings (SSSR count). The maximum Gasteiger partial charge on any atom is 0.257 e. The fourth-order valence-electron chi connectivity index (χ4n) is 4.32. The smallest absolute Gasteiger partial charge is 0.257 e. The van der Waals surface area contributed by atoms with Crippen LogP contribution in [-0.2, 0) is 4.79 Å². The first-order valence-corrected chi connectivity index (χ1v) is 12.8. The molecule has 0 saturated carbocycles. The summed E-state index contributed by atoms with van der Waals surface area (Å²) >= 11 is 0. The number of carbonyl (C=O) groups excluding carboxylic acids is 2. The van der Waals surface area contributed by atoms with Gasteiger partial charge in [0.25, 0.3) is 5.91 Å². The molecule has 7 nitrogen and oxygen atoms in total. The highest BCUT2D eigenvalue weighted by Crippen LogP contribution is 2.21. The summed E-state index contributed by atoms with van der Waals surface area (Å²) in [5.74, 6) is 5.90. The molecule has 1 aliphatic heterocycles. The minimum Gasteiger partial charge on any atom is -0.324 e. The standard InChI is InChI=1S/C31H33N5O2/c1-21(12-13-25-10-6-5-7-11-25)15-26-16-27(18-32-23(26)3)31(38)35-29-17-28(19-33-24(29)4)34-30(37)20-36-14-8-9-22(36)2/h5-7,10-11,15-19,22H,8-9,14,20H2,1-4H3,(H,34,37)(H,35,38)/b21-15+. The van der Waals surface area contributed by atoms with Gasteiger partial charge in [0.1, 0.15) is 0 Å². The molecule has 1 saturated heterocycles. The topological polar surface area (TPSA) is 87.2 Å². The molecule has 2 N–H and O–H groups in total. The van der Waals surface area contributed by atoms with Gasteiger partial charge in [-0.1, -0.05) is 30.0 Å². The number of nitrogens with one attached hydrogen (secondary N) is 2. The first-order valence-electron chi connectivity index (χ1n) is 12.8. The lowest BCUT2D eigenvalue weighted by Crippen LogP contribution is -2.35. The number of carbonyl (C=O) groups is 2. The van der Waals surface area contributed by atoms with Gasteiger partial charge in [0.2, 0.25) is 5.91 Å². The number of rotatable bonds is 6. The molecule has 2 aromatic heterocycles. The van der Waals surface area contributed by atoms with Crippen LogP contribution in [-0.4, -0.2) is 45.8 Å². The van der Waals surface area contributed by atoms with E-state index in [1.165, 1.54) is 0 Å².